The largest absolute Gasteiger partial charge is 0.338 e. The molecule has 0 bridgehead atoms. The van der Waals surface area contributed by atoms with Crippen molar-refractivity contribution >= 4 is 11.6 Å². The first-order valence-electron chi connectivity index (χ1n) is 7.75. The summed E-state index contributed by atoms with van der Waals surface area (Å²) in [6, 6.07) is 10.7. The normalized spacial score (nSPS) is 24.4. The molecule has 1 saturated heterocycles. The highest BCUT2D eigenvalue weighted by molar-refractivity contribution is 5.82. The Kier molecular flexibility index (Phi) is 4.21. The first-order chi connectivity index (χ1) is 9.88. The number of likely N-dealkylation sites (tertiary alicyclic amines) is 1. The van der Waals surface area contributed by atoms with Crippen LogP contribution in [0.2, 0.25) is 0 Å². The van der Waals surface area contributed by atoms with Crippen molar-refractivity contribution in [3.05, 3.63) is 30.3 Å². The first-order valence-corrected chi connectivity index (χ1v) is 7.75. The second-order valence-electron chi connectivity index (χ2n) is 5.86. The van der Waals surface area contributed by atoms with Crippen molar-refractivity contribution in [2.24, 2.45) is 16.8 Å². The number of hydrogen-bond acceptors (Lipinski definition) is 2. The minimum atomic E-state index is 0.621. The lowest BCUT2D eigenvalue weighted by atomic mass is 9.96. The van der Waals surface area contributed by atoms with E-state index in [0.717, 1.165) is 24.1 Å². The fourth-order valence-electron chi connectivity index (χ4n) is 3.69. The molecule has 3 rings (SSSR count). The number of guanidine groups is 1. The molecule has 1 heterocycles. The van der Waals surface area contributed by atoms with E-state index in [0.29, 0.717) is 6.04 Å². The minimum absolute atomic E-state index is 0.621. The summed E-state index contributed by atoms with van der Waals surface area (Å²) in [6.45, 7) is 1.07. The molecule has 1 aromatic carbocycles. The van der Waals surface area contributed by atoms with Gasteiger partial charge in [-0.25, -0.2) is 10.8 Å². The smallest absolute Gasteiger partial charge is 0.213 e. The lowest BCUT2D eigenvalue weighted by Crippen LogP contribution is -2.48. The van der Waals surface area contributed by atoms with Crippen LogP contribution in [0, 0.1) is 5.92 Å². The SMILES string of the molecule is NNC(=Nc1ccccc1)N1CCCC1C1CCCC1. The van der Waals surface area contributed by atoms with Crippen molar-refractivity contribution in [2.75, 3.05) is 6.54 Å². The average molecular weight is 272 g/mol. The van der Waals surface area contributed by atoms with Gasteiger partial charge in [0.15, 0.2) is 0 Å². The van der Waals surface area contributed by atoms with E-state index in [-0.39, 0.29) is 0 Å². The molecule has 1 aliphatic carbocycles. The van der Waals surface area contributed by atoms with Crippen molar-refractivity contribution in [3.63, 3.8) is 0 Å². The summed E-state index contributed by atoms with van der Waals surface area (Å²) >= 11 is 0. The van der Waals surface area contributed by atoms with Gasteiger partial charge in [0.25, 0.3) is 0 Å². The fourth-order valence-corrected chi connectivity index (χ4v) is 3.69. The molecular weight excluding hydrogens is 248 g/mol. The molecule has 0 amide bonds. The summed E-state index contributed by atoms with van der Waals surface area (Å²) in [5, 5.41) is 0. The van der Waals surface area contributed by atoms with Crippen LogP contribution < -0.4 is 11.3 Å². The zero-order valence-corrected chi connectivity index (χ0v) is 12.0. The maximum absolute atomic E-state index is 5.74. The van der Waals surface area contributed by atoms with Crippen LogP contribution in [-0.4, -0.2) is 23.4 Å². The molecular formula is C16H24N4. The van der Waals surface area contributed by atoms with E-state index in [1.807, 2.05) is 30.3 Å². The van der Waals surface area contributed by atoms with Crippen molar-refractivity contribution in [3.8, 4) is 0 Å². The summed E-state index contributed by atoms with van der Waals surface area (Å²) < 4.78 is 0. The number of aliphatic imine (C=N–C) groups is 1. The van der Waals surface area contributed by atoms with E-state index >= 15 is 0 Å². The summed E-state index contributed by atoms with van der Waals surface area (Å²) in [7, 11) is 0. The third kappa shape index (κ3) is 2.80. The quantitative estimate of drug-likeness (QED) is 0.377. The van der Waals surface area contributed by atoms with Gasteiger partial charge in [0, 0.05) is 12.6 Å². The van der Waals surface area contributed by atoms with E-state index in [2.05, 4.69) is 15.3 Å². The third-order valence-electron chi connectivity index (χ3n) is 4.64. The van der Waals surface area contributed by atoms with Crippen LogP contribution in [0.15, 0.2) is 35.3 Å². The molecule has 0 aromatic heterocycles. The van der Waals surface area contributed by atoms with Gasteiger partial charge in [0.2, 0.25) is 5.96 Å². The molecule has 0 radical (unpaired) electrons. The van der Waals surface area contributed by atoms with Gasteiger partial charge >= 0.3 is 0 Å². The molecule has 108 valence electrons. The number of nitrogens with one attached hydrogen (secondary N) is 1. The molecule has 20 heavy (non-hydrogen) atoms. The molecule has 1 atom stereocenters. The van der Waals surface area contributed by atoms with E-state index in [1.54, 1.807) is 0 Å². The Balaban J connectivity index is 1.79. The minimum Gasteiger partial charge on any atom is -0.338 e. The number of benzene rings is 1. The Hall–Kier alpha value is -1.55. The zero-order chi connectivity index (χ0) is 13.8. The Bertz CT molecular complexity index is 451. The fraction of sp³-hybridized carbons (Fsp3) is 0.562. The van der Waals surface area contributed by atoms with Gasteiger partial charge in [-0.15, -0.1) is 0 Å². The summed E-state index contributed by atoms with van der Waals surface area (Å²) in [5.41, 5.74) is 3.78. The predicted molar refractivity (Wildman–Crippen MR) is 82.5 cm³/mol. The maximum Gasteiger partial charge on any atom is 0.213 e. The van der Waals surface area contributed by atoms with Gasteiger partial charge in [-0.3, -0.25) is 5.43 Å². The highest BCUT2D eigenvalue weighted by Crippen LogP contribution is 2.35. The highest BCUT2D eigenvalue weighted by Gasteiger charge is 2.34. The second-order valence-corrected chi connectivity index (χ2v) is 5.86. The van der Waals surface area contributed by atoms with Gasteiger partial charge < -0.3 is 4.90 Å². The molecule has 0 spiro atoms. The molecule has 1 aromatic rings. The highest BCUT2D eigenvalue weighted by atomic mass is 15.4. The Labute approximate surface area is 121 Å². The van der Waals surface area contributed by atoms with Gasteiger partial charge in [0.1, 0.15) is 0 Å². The van der Waals surface area contributed by atoms with Crippen molar-refractivity contribution < 1.29 is 0 Å². The van der Waals surface area contributed by atoms with E-state index in [1.165, 1.54) is 38.5 Å². The molecule has 1 saturated carbocycles. The van der Waals surface area contributed by atoms with Crippen molar-refractivity contribution in [2.45, 2.75) is 44.6 Å². The maximum atomic E-state index is 5.74. The van der Waals surface area contributed by atoms with Gasteiger partial charge in [-0.2, -0.15) is 0 Å². The molecule has 4 heteroatoms. The van der Waals surface area contributed by atoms with Crippen LogP contribution >= 0.6 is 0 Å². The summed E-state index contributed by atoms with van der Waals surface area (Å²) in [5.74, 6) is 7.39. The molecule has 2 fully saturated rings. The Morgan fingerprint density at radius 3 is 2.55 bits per heavy atom. The van der Waals surface area contributed by atoms with Gasteiger partial charge in [-0.05, 0) is 43.7 Å². The van der Waals surface area contributed by atoms with Crippen LogP contribution in [-0.2, 0) is 0 Å². The Morgan fingerprint density at radius 1 is 1.10 bits per heavy atom. The number of rotatable bonds is 2. The predicted octanol–water partition coefficient (Wildman–Crippen LogP) is 2.79. The number of nitrogens with two attached hydrogens (primary N) is 1. The summed E-state index contributed by atoms with van der Waals surface area (Å²) in [6.07, 6.45) is 8.03. The second kappa shape index (κ2) is 6.27. The molecule has 1 unspecified atom stereocenters. The molecule has 1 aliphatic heterocycles. The van der Waals surface area contributed by atoms with Crippen LogP contribution in [0.1, 0.15) is 38.5 Å². The lowest BCUT2D eigenvalue weighted by molar-refractivity contribution is 0.274. The van der Waals surface area contributed by atoms with E-state index in [9.17, 15) is 0 Å². The van der Waals surface area contributed by atoms with Crippen molar-refractivity contribution in [1.82, 2.24) is 10.3 Å². The van der Waals surface area contributed by atoms with Crippen LogP contribution in [0.4, 0.5) is 5.69 Å². The molecule has 4 nitrogen and oxygen atoms in total. The molecule has 2 aliphatic rings. The number of hydrogen-bond donors (Lipinski definition) is 2. The first kappa shape index (κ1) is 13.4. The third-order valence-corrected chi connectivity index (χ3v) is 4.64. The van der Waals surface area contributed by atoms with Gasteiger partial charge in [0.05, 0.1) is 5.69 Å². The van der Waals surface area contributed by atoms with Crippen LogP contribution in [0.3, 0.4) is 0 Å². The monoisotopic (exact) mass is 272 g/mol. The van der Waals surface area contributed by atoms with Crippen LogP contribution in [0.5, 0.6) is 0 Å². The lowest BCUT2D eigenvalue weighted by Gasteiger charge is -2.31. The van der Waals surface area contributed by atoms with Gasteiger partial charge in [-0.1, -0.05) is 31.0 Å². The van der Waals surface area contributed by atoms with E-state index < -0.39 is 0 Å². The standard InChI is InChI=1S/C16H24N4/c17-19-16(18-14-9-2-1-3-10-14)20-12-6-11-15(20)13-7-4-5-8-13/h1-3,9-10,13,15H,4-8,11-12,17H2,(H,18,19). The van der Waals surface area contributed by atoms with Crippen molar-refractivity contribution in [1.29, 1.82) is 0 Å². The number of para-hydroxylation sites is 1. The van der Waals surface area contributed by atoms with E-state index in [4.69, 9.17) is 5.84 Å². The molecule has 3 N–H and O–H groups in total. The number of nitrogens with zero attached hydrogens (tertiary/aromatic N) is 2. The van der Waals surface area contributed by atoms with Crippen LogP contribution in [0.25, 0.3) is 0 Å². The topological polar surface area (TPSA) is 53.6 Å². The zero-order valence-electron chi connectivity index (χ0n) is 12.0. The summed E-state index contributed by atoms with van der Waals surface area (Å²) in [4.78, 5) is 7.08. The number of hydrazine groups is 1. The average Bonchev–Trinajstić information content (AvgIpc) is 3.16. The Morgan fingerprint density at radius 2 is 1.85 bits per heavy atom.